The van der Waals surface area contributed by atoms with Gasteiger partial charge in [-0.25, -0.2) is 0 Å². The van der Waals surface area contributed by atoms with Crippen molar-refractivity contribution in [2.24, 2.45) is 5.73 Å². The lowest BCUT2D eigenvalue weighted by atomic mass is 10.1. The lowest BCUT2D eigenvalue weighted by molar-refractivity contribution is -0.151. The van der Waals surface area contributed by atoms with Crippen molar-refractivity contribution < 1.29 is 98.1 Å². The molecule has 35 nitrogen and oxygen atoms in total. The Kier molecular flexibility index (Phi) is 50.3. The second-order valence-corrected chi connectivity index (χ2v) is 30.7. The zero-order chi connectivity index (χ0) is 86.3. The Bertz CT molecular complexity index is 2930. The minimum Gasteiger partial charge on any atom is -0.392 e. The highest BCUT2D eigenvalue weighted by Gasteiger charge is 2.37. The number of hydrogen-bond donors (Lipinski definition) is 9. The fourth-order valence-corrected chi connectivity index (χ4v) is 12.1. The van der Waals surface area contributed by atoms with Gasteiger partial charge < -0.3 is 106 Å². The van der Waals surface area contributed by atoms with Crippen molar-refractivity contribution in [3.63, 3.8) is 0 Å². The summed E-state index contributed by atoms with van der Waals surface area (Å²) < 4.78 is 0. The van der Waals surface area contributed by atoms with E-state index in [9.17, 15) is 98.1 Å². The van der Waals surface area contributed by atoms with Crippen LogP contribution in [0.5, 0.6) is 0 Å². The summed E-state index contributed by atoms with van der Waals surface area (Å²) in [5, 5.41) is 77.2. The molecule has 0 aliphatic heterocycles. The van der Waals surface area contributed by atoms with Gasteiger partial charge in [-0.2, -0.15) is 0 Å². The number of amides is 13. The van der Waals surface area contributed by atoms with Crippen molar-refractivity contribution >= 4 is 76.8 Å². The minimum atomic E-state index is -1.20. The van der Waals surface area contributed by atoms with Gasteiger partial charge in [0.15, 0.2) is 0 Å². The van der Waals surface area contributed by atoms with Crippen molar-refractivity contribution in [1.29, 1.82) is 0 Å². The molecule has 14 atom stereocenters. The van der Waals surface area contributed by atoms with Gasteiger partial charge in [0, 0.05) is 101 Å². The number of rotatable bonds is 57. The summed E-state index contributed by atoms with van der Waals surface area (Å²) in [5.74, 6) is -8.85. The number of aliphatic hydroxyl groups excluding tert-OH is 7. The summed E-state index contributed by atoms with van der Waals surface area (Å²) in [6.45, 7) is 25.9. The molecule has 35 heteroatoms. The number of aliphatic hydroxyl groups is 7. The molecular weight excluding hydrogens is 1450 g/mol. The number of nitrogens with one attached hydrogen (secondary N) is 1. The van der Waals surface area contributed by atoms with Gasteiger partial charge in [-0.15, -0.1) is 0 Å². The molecule has 0 saturated heterocycles. The van der Waals surface area contributed by atoms with E-state index in [4.69, 9.17) is 5.73 Å². The van der Waals surface area contributed by atoms with Crippen molar-refractivity contribution in [1.82, 2.24) is 69.0 Å². The Morgan fingerprint density at radius 1 is 0.250 bits per heavy atom. The molecule has 0 rings (SSSR count). The maximum Gasteiger partial charge on any atom is 0.242 e. The van der Waals surface area contributed by atoms with Crippen LogP contribution in [0.15, 0.2) is 0 Å². The standard InChI is InChI=1S/C77H145N15O20/c1-22-51(8)79-31-66(101)83(34-60(17)95)41-73(108)90(55(12)26-5)48-70(105)87(38-64(21)99)45-77(112)92(57(14)28-7)50-72(107)85(36-62(19)97)43-75(110)88(53(10)24-3)46-68(103)81(32-58(15)93)30-29-80(52(9)23-2)40-67(102)84(35-61(18)96)42-74(109)91(56(13)27-6)49-71(106)86(37-63(20)98)44-76(111)89(54(11)25-4)47-69(104)82(33-59(16)94)39-65(78)100/h51-64,79,93-99H,22-50H2,1-21H3,(H2,78,100). The second-order valence-electron chi connectivity index (χ2n) is 30.7. The second kappa shape index (κ2) is 53.8. The monoisotopic (exact) mass is 1600 g/mol. The lowest BCUT2D eigenvalue weighted by Crippen LogP contribution is -2.56. The molecule has 112 heavy (non-hydrogen) atoms. The molecule has 0 fully saturated rings. The fourth-order valence-electron chi connectivity index (χ4n) is 12.1. The third-order valence-electron chi connectivity index (χ3n) is 20.0. The normalized spacial score (nSPS) is 15.2. The zero-order valence-corrected chi connectivity index (χ0v) is 71.4. The van der Waals surface area contributed by atoms with E-state index in [-0.39, 0.29) is 84.1 Å². The Balaban J connectivity index is 7.12. The summed E-state index contributed by atoms with van der Waals surface area (Å²) in [6, 6.07) is -3.34. The number of hydrogen-bond acceptors (Lipinski definition) is 22. The predicted molar refractivity (Wildman–Crippen MR) is 423 cm³/mol. The van der Waals surface area contributed by atoms with E-state index < -0.39 is 222 Å². The average molecular weight is 1600 g/mol. The first-order valence-corrected chi connectivity index (χ1v) is 40.1. The van der Waals surface area contributed by atoms with E-state index >= 15 is 0 Å². The first kappa shape index (κ1) is 105. The Hall–Kier alpha value is -7.25. The summed E-state index contributed by atoms with van der Waals surface area (Å²) >= 11 is 0. The molecule has 648 valence electrons. The molecule has 0 bridgehead atoms. The molecule has 0 spiro atoms. The Morgan fingerprint density at radius 3 is 0.670 bits per heavy atom. The van der Waals surface area contributed by atoms with E-state index in [1.165, 1.54) is 82.8 Å². The number of carbonyl (C=O) groups is 13. The molecule has 0 aromatic rings. The number of primary amides is 1. The number of nitrogens with zero attached hydrogens (tertiary/aromatic N) is 13. The summed E-state index contributed by atoms with van der Waals surface area (Å²) in [6.07, 6.45) is -4.81. The van der Waals surface area contributed by atoms with Crippen LogP contribution in [0, 0.1) is 0 Å². The molecular formula is C77H145N15O20. The molecule has 13 amide bonds. The van der Waals surface area contributed by atoms with Crippen LogP contribution < -0.4 is 11.1 Å². The van der Waals surface area contributed by atoms with Crippen LogP contribution in [-0.2, 0) is 62.3 Å². The van der Waals surface area contributed by atoms with Gasteiger partial charge in [-0.3, -0.25) is 67.2 Å². The topological polar surface area (TPSA) is 444 Å². The van der Waals surface area contributed by atoms with Gasteiger partial charge in [0.25, 0.3) is 0 Å². The van der Waals surface area contributed by atoms with Crippen LogP contribution in [0.1, 0.15) is 190 Å². The van der Waals surface area contributed by atoms with Crippen LogP contribution in [0.3, 0.4) is 0 Å². The molecule has 0 saturated carbocycles. The summed E-state index contributed by atoms with van der Waals surface area (Å²) in [4.78, 5) is 200. The third kappa shape index (κ3) is 39.2. The van der Waals surface area contributed by atoms with Crippen molar-refractivity contribution in [2.45, 2.75) is 275 Å². The van der Waals surface area contributed by atoms with Crippen LogP contribution in [0.2, 0.25) is 0 Å². The van der Waals surface area contributed by atoms with E-state index in [0.29, 0.717) is 38.5 Å². The first-order chi connectivity index (χ1) is 52.2. The molecule has 0 aromatic carbocycles. The van der Waals surface area contributed by atoms with Crippen LogP contribution >= 0.6 is 0 Å². The van der Waals surface area contributed by atoms with E-state index in [1.54, 1.807) is 74.1 Å². The lowest BCUT2D eigenvalue weighted by Gasteiger charge is -2.37. The summed E-state index contributed by atoms with van der Waals surface area (Å²) in [7, 11) is 0. The zero-order valence-electron chi connectivity index (χ0n) is 71.4. The molecule has 0 aromatic heterocycles. The van der Waals surface area contributed by atoms with Crippen molar-refractivity contribution in [3.8, 4) is 0 Å². The smallest absolute Gasteiger partial charge is 0.242 e. The largest absolute Gasteiger partial charge is 0.392 e. The SMILES string of the molecule is CCC(C)NCC(=O)N(CC(=O)N(CC(=O)N(CC(=O)N(CC(=O)N(CC(=O)N(CC(=O)N(CCN(CC(=O)N(CC(=O)N(CC(=O)N(CC(=O)N(CC(=O)N(CC(N)=O)CC(C)O)C(C)CC)CC(C)O)C(C)CC)CC(C)O)C(C)CC)CC(C)O)C(C)CC)CC(C)O)C(C)CC)CC(C)O)C(C)CC)CC(C)O. The van der Waals surface area contributed by atoms with Crippen molar-refractivity contribution in [3.05, 3.63) is 0 Å². The van der Waals surface area contributed by atoms with Gasteiger partial charge in [-0.1, -0.05) is 48.5 Å². The highest BCUT2D eigenvalue weighted by molar-refractivity contribution is 5.95. The fraction of sp³-hybridized carbons (Fsp3) is 0.831. The Morgan fingerprint density at radius 2 is 0.455 bits per heavy atom. The number of carbonyl (C=O) groups excluding carboxylic acids is 13. The van der Waals surface area contributed by atoms with E-state index in [1.807, 2.05) is 27.7 Å². The van der Waals surface area contributed by atoms with E-state index in [0.717, 1.165) is 30.9 Å². The molecule has 0 heterocycles. The van der Waals surface area contributed by atoms with Crippen molar-refractivity contribution in [2.75, 3.05) is 144 Å². The average Bonchev–Trinajstić information content (AvgIpc) is 0.844. The van der Waals surface area contributed by atoms with Gasteiger partial charge in [0.1, 0.15) is 32.7 Å². The van der Waals surface area contributed by atoms with Crippen LogP contribution in [-0.4, -0.2) is 405 Å². The predicted octanol–water partition coefficient (Wildman–Crippen LogP) is -1.44. The maximum absolute atomic E-state index is 14.8. The van der Waals surface area contributed by atoms with Gasteiger partial charge in [0.2, 0.25) is 76.8 Å². The molecule has 0 radical (unpaired) electrons. The minimum absolute atomic E-state index is 0.00359. The van der Waals surface area contributed by atoms with E-state index in [2.05, 4.69) is 5.32 Å². The third-order valence-corrected chi connectivity index (χ3v) is 20.0. The van der Waals surface area contributed by atoms with Gasteiger partial charge in [0.05, 0.1) is 95.1 Å². The highest BCUT2D eigenvalue weighted by Crippen LogP contribution is 2.18. The molecule has 0 aliphatic carbocycles. The highest BCUT2D eigenvalue weighted by atomic mass is 16.3. The van der Waals surface area contributed by atoms with Gasteiger partial charge in [-0.05, 0) is 142 Å². The van der Waals surface area contributed by atoms with Crippen LogP contribution in [0.25, 0.3) is 0 Å². The van der Waals surface area contributed by atoms with Gasteiger partial charge >= 0.3 is 0 Å². The molecule has 10 N–H and O–H groups in total. The van der Waals surface area contributed by atoms with Crippen LogP contribution in [0.4, 0.5) is 0 Å². The maximum atomic E-state index is 14.8. The summed E-state index contributed by atoms with van der Waals surface area (Å²) in [5.41, 5.74) is 5.39. The molecule has 14 unspecified atom stereocenters. The first-order valence-electron chi connectivity index (χ1n) is 40.1. The number of nitrogens with two attached hydrogens (primary N) is 1. The Labute approximate surface area is 666 Å². The molecule has 0 aliphatic rings. The quantitative estimate of drug-likeness (QED) is 0.0337.